The van der Waals surface area contributed by atoms with E-state index >= 15 is 0 Å². The molecule has 0 N–H and O–H groups in total. The van der Waals surface area contributed by atoms with Gasteiger partial charge in [-0.05, 0) is 6.42 Å². The van der Waals surface area contributed by atoms with Crippen molar-refractivity contribution < 1.29 is 4.43 Å². The van der Waals surface area contributed by atoms with Gasteiger partial charge in [0.05, 0.1) is 0 Å². The SMILES string of the molecule is CCC(C)([SiH2]OC)SS. The van der Waals surface area contributed by atoms with E-state index in [9.17, 15) is 0 Å². The van der Waals surface area contributed by atoms with Crippen molar-refractivity contribution in [2.75, 3.05) is 7.11 Å². The molecule has 0 aliphatic rings. The quantitative estimate of drug-likeness (QED) is 0.400. The Labute approximate surface area is 68.7 Å². The van der Waals surface area contributed by atoms with Crippen molar-refractivity contribution in [3.8, 4) is 0 Å². The van der Waals surface area contributed by atoms with E-state index in [1.807, 2.05) is 0 Å². The lowest BCUT2D eigenvalue weighted by molar-refractivity contribution is 0.427. The van der Waals surface area contributed by atoms with Crippen LogP contribution in [0.15, 0.2) is 0 Å². The molecule has 0 aliphatic carbocycles. The summed E-state index contributed by atoms with van der Waals surface area (Å²) in [6.45, 7) is 4.38. The Kier molecular flexibility index (Phi) is 5.11. The van der Waals surface area contributed by atoms with Crippen LogP contribution in [0.4, 0.5) is 0 Å². The summed E-state index contributed by atoms with van der Waals surface area (Å²) in [5, 5.41) is 0. The van der Waals surface area contributed by atoms with Crippen LogP contribution in [0.3, 0.4) is 0 Å². The molecule has 0 aromatic rings. The topological polar surface area (TPSA) is 9.23 Å². The lowest BCUT2D eigenvalue weighted by Crippen LogP contribution is -2.27. The van der Waals surface area contributed by atoms with Crippen LogP contribution in [0.1, 0.15) is 20.3 Å². The van der Waals surface area contributed by atoms with Crippen LogP contribution in [-0.2, 0) is 4.43 Å². The number of hydrogen-bond donors (Lipinski definition) is 1. The summed E-state index contributed by atoms with van der Waals surface area (Å²) in [4.78, 5) is 0. The molecule has 9 heavy (non-hydrogen) atoms. The van der Waals surface area contributed by atoms with Gasteiger partial charge in [-0.3, -0.25) is 0 Å². The van der Waals surface area contributed by atoms with E-state index in [2.05, 4.69) is 25.5 Å². The summed E-state index contributed by atoms with van der Waals surface area (Å²) >= 11 is 4.19. The second-order valence-electron chi connectivity index (χ2n) is 2.33. The van der Waals surface area contributed by atoms with Gasteiger partial charge in [0, 0.05) is 11.5 Å². The molecule has 0 saturated heterocycles. The Balaban J connectivity index is 3.62. The minimum Gasteiger partial charge on any atom is -0.426 e. The Bertz CT molecular complexity index is 75.4. The molecule has 0 aliphatic heterocycles. The van der Waals surface area contributed by atoms with Crippen LogP contribution >= 0.6 is 22.5 Å². The van der Waals surface area contributed by atoms with Gasteiger partial charge in [-0.25, -0.2) is 0 Å². The first-order valence-corrected chi connectivity index (χ1v) is 6.15. The van der Waals surface area contributed by atoms with Crippen LogP contribution < -0.4 is 0 Å². The van der Waals surface area contributed by atoms with Gasteiger partial charge in [0.25, 0.3) is 0 Å². The maximum Gasteiger partial charge on any atom is 0.177 e. The normalized spacial score (nSPS) is 18.7. The van der Waals surface area contributed by atoms with Crippen molar-refractivity contribution in [2.45, 2.75) is 24.6 Å². The average molecular weight is 182 g/mol. The lowest BCUT2D eigenvalue weighted by Gasteiger charge is -2.22. The first kappa shape index (κ1) is 9.88. The third kappa shape index (κ3) is 3.55. The van der Waals surface area contributed by atoms with E-state index in [0.29, 0.717) is 4.37 Å². The molecule has 1 unspecified atom stereocenters. The Morgan fingerprint density at radius 3 is 2.44 bits per heavy atom. The van der Waals surface area contributed by atoms with Gasteiger partial charge in [0.15, 0.2) is 9.76 Å². The van der Waals surface area contributed by atoms with E-state index < -0.39 is 0 Å². The highest BCUT2D eigenvalue weighted by atomic mass is 33.1. The van der Waals surface area contributed by atoms with Crippen molar-refractivity contribution in [3.63, 3.8) is 0 Å². The second-order valence-corrected chi connectivity index (χ2v) is 6.98. The minimum atomic E-state index is -0.374. The summed E-state index contributed by atoms with van der Waals surface area (Å²) in [5.74, 6) is 0. The van der Waals surface area contributed by atoms with Crippen molar-refractivity contribution in [3.05, 3.63) is 0 Å². The average Bonchev–Trinajstić information content (AvgIpc) is 1.89. The zero-order chi connectivity index (χ0) is 7.33. The van der Waals surface area contributed by atoms with Gasteiger partial charge < -0.3 is 4.43 Å². The molecular formula is C5H14OS2Si. The molecule has 0 spiro atoms. The summed E-state index contributed by atoms with van der Waals surface area (Å²) in [7, 11) is 3.04. The lowest BCUT2D eigenvalue weighted by atomic mass is 10.4. The van der Waals surface area contributed by atoms with Crippen molar-refractivity contribution >= 4 is 32.2 Å². The molecular weight excluding hydrogens is 168 g/mol. The molecule has 0 aromatic heterocycles. The van der Waals surface area contributed by atoms with E-state index in [-0.39, 0.29) is 9.76 Å². The predicted molar refractivity (Wildman–Crippen MR) is 50.8 cm³/mol. The van der Waals surface area contributed by atoms with Crippen molar-refractivity contribution in [1.82, 2.24) is 0 Å². The summed E-state index contributed by atoms with van der Waals surface area (Å²) < 4.78 is 5.49. The Morgan fingerprint density at radius 2 is 2.33 bits per heavy atom. The molecule has 0 saturated carbocycles. The number of thiol groups is 1. The Morgan fingerprint density at radius 1 is 1.78 bits per heavy atom. The predicted octanol–water partition coefficient (Wildman–Crippen LogP) is 1.42. The Hall–Kier alpha value is 0.877. The monoisotopic (exact) mass is 182 g/mol. The number of hydrogen-bond acceptors (Lipinski definition) is 3. The van der Waals surface area contributed by atoms with Gasteiger partial charge in [0.2, 0.25) is 0 Å². The molecule has 0 fully saturated rings. The summed E-state index contributed by atoms with van der Waals surface area (Å²) in [6.07, 6.45) is 1.15. The first-order valence-electron chi connectivity index (χ1n) is 3.00. The molecule has 0 radical (unpaired) electrons. The van der Waals surface area contributed by atoms with Crippen LogP contribution in [0, 0.1) is 0 Å². The summed E-state index contributed by atoms with van der Waals surface area (Å²) in [5.41, 5.74) is 0. The van der Waals surface area contributed by atoms with Gasteiger partial charge in [-0.15, -0.1) is 11.7 Å². The van der Waals surface area contributed by atoms with E-state index in [1.54, 1.807) is 17.9 Å². The molecule has 0 rings (SSSR count). The van der Waals surface area contributed by atoms with Gasteiger partial charge in [0.1, 0.15) is 0 Å². The fraction of sp³-hybridized carbons (Fsp3) is 1.00. The molecule has 1 atom stereocenters. The molecule has 0 amide bonds. The fourth-order valence-corrected chi connectivity index (χ4v) is 2.87. The van der Waals surface area contributed by atoms with Crippen LogP contribution in [0.2, 0.25) is 0 Å². The molecule has 56 valence electrons. The van der Waals surface area contributed by atoms with E-state index in [4.69, 9.17) is 4.43 Å². The maximum absolute atomic E-state index is 5.16. The smallest absolute Gasteiger partial charge is 0.177 e. The highest BCUT2D eigenvalue weighted by Gasteiger charge is 2.21. The van der Waals surface area contributed by atoms with Crippen molar-refractivity contribution in [2.24, 2.45) is 0 Å². The number of rotatable bonds is 4. The van der Waals surface area contributed by atoms with Crippen LogP contribution in [0.25, 0.3) is 0 Å². The highest BCUT2D eigenvalue weighted by molar-refractivity contribution is 8.69. The zero-order valence-corrected chi connectivity index (χ0v) is 9.30. The fourth-order valence-electron chi connectivity index (χ4n) is 0.498. The second kappa shape index (κ2) is 4.66. The molecule has 0 aromatic carbocycles. The van der Waals surface area contributed by atoms with E-state index in [0.717, 1.165) is 6.42 Å². The zero-order valence-electron chi connectivity index (χ0n) is 6.18. The minimum absolute atomic E-state index is 0.331. The van der Waals surface area contributed by atoms with E-state index in [1.165, 1.54) is 0 Å². The third-order valence-corrected chi connectivity index (χ3v) is 6.38. The van der Waals surface area contributed by atoms with Gasteiger partial charge in [-0.2, -0.15) is 0 Å². The third-order valence-electron chi connectivity index (χ3n) is 1.42. The highest BCUT2D eigenvalue weighted by Crippen LogP contribution is 2.29. The molecule has 4 heteroatoms. The van der Waals surface area contributed by atoms with Gasteiger partial charge in [-0.1, -0.05) is 24.6 Å². The summed E-state index contributed by atoms with van der Waals surface area (Å²) in [6, 6.07) is 0. The van der Waals surface area contributed by atoms with Crippen LogP contribution in [-0.4, -0.2) is 21.2 Å². The van der Waals surface area contributed by atoms with Crippen LogP contribution in [0.5, 0.6) is 0 Å². The maximum atomic E-state index is 5.16. The molecule has 1 nitrogen and oxygen atoms in total. The first-order chi connectivity index (χ1) is 4.18. The standard InChI is InChI=1S/C5H14OS2Si/c1-4-5(2,8-7)9-6-3/h7H,4,9H2,1-3H3. The largest absolute Gasteiger partial charge is 0.426 e. The molecule has 0 heterocycles. The van der Waals surface area contributed by atoms with Gasteiger partial charge >= 0.3 is 0 Å². The van der Waals surface area contributed by atoms with Crippen molar-refractivity contribution in [1.29, 1.82) is 0 Å². The molecule has 0 bridgehead atoms.